The van der Waals surface area contributed by atoms with E-state index in [9.17, 15) is 25.3 Å². The monoisotopic (exact) mass is 2060 g/mol. The van der Waals surface area contributed by atoms with Gasteiger partial charge >= 0.3 is 0 Å². The predicted octanol–water partition coefficient (Wildman–Crippen LogP) is 31.3. The molecule has 0 spiro atoms. The van der Waals surface area contributed by atoms with Crippen LogP contribution >= 0.6 is 34.0 Å². The third kappa shape index (κ3) is 20.9. The van der Waals surface area contributed by atoms with Crippen LogP contribution in [0.1, 0.15) is 187 Å². The van der Waals surface area contributed by atoms with Crippen molar-refractivity contribution in [3.63, 3.8) is 0 Å². The highest BCUT2D eigenvalue weighted by molar-refractivity contribution is 7.94. The third-order valence-electron chi connectivity index (χ3n) is 29.3. The molecule has 0 aliphatic rings. The number of benzene rings is 15. The number of fused-ring (bicyclic) bond motifs is 12. The van der Waals surface area contributed by atoms with Crippen LogP contribution in [0.3, 0.4) is 0 Å². The van der Waals surface area contributed by atoms with Gasteiger partial charge in [-0.05, 0) is 322 Å². The van der Waals surface area contributed by atoms with Gasteiger partial charge in [-0.2, -0.15) is 0 Å². The molecule has 18 heteroatoms. The first-order valence-corrected chi connectivity index (χ1v) is 56.9. The van der Waals surface area contributed by atoms with Crippen LogP contribution in [0.25, 0.3) is 127 Å². The lowest BCUT2D eigenvalue weighted by molar-refractivity contribution is -0.0338. The molecule has 0 saturated heterocycles. The smallest absolute Gasteiger partial charge is 0.215 e. The first-order chi connectivity index (χ1) is 70.0. The van der Waals surface area contributed by atoms with Crippen LogP contribution in [-0.4, -0.2) is 102 Å². The molecule has 3 heterocycles. The van der Waals surface area contributed by atoms with Gasteiger partial charge in [0.2, 0.25) is 29.5 Å². The zero-order valence-corrected chi connectivity index (χ0v) is 93.4. The molecule has 0 fully saturated rings. The fourth-order valence-electron chi connectivity index (χ4n) is 19.7. The molecule has 750 valence electrons. The van der Waals surface area contributed by atoms with Crippen molar-refractivity contribution in [3.8, 4) is 71.0 Å². The molecule has 147 heavy (non-hydrogen) atoms. The Labute approximate surface area is 879 Å². The Morgan fingerprint density at radius 1 is 0.252 bits per heavy atom. The van der Waals surface area contributed by atoms with Gasteiger partial charge in [0.05, 0.1) is 14.7 Å². The zero-order chi connectivity index (χ0) is 106. The summed E-state index contributed by atoms with van der Waals surface area (Å²) in [5, 5.41) is 20.6. The molecule has 12 nitrogen and oxygen atoms in total. The van der Waals surface area contributed by atoms with Crippen molar-refractivity contribution in [1.82, 2.24) is 0 Å². The molecule has 0 aliphatic carbocycles. The summed E-state index contributed by atoms with van der Waals surface area (Å²) >= 11 is 3.85. The maximum absolute atomic E-state index is 14.0. The van der Waals surface area contributed by atoms with Gasteiger partial charge in [-0.3, -0.25) is 0 Å². The average Bonchev–Trinajstić information content (AvgIpc) is 1.69. The number of thiophene rings is 3. The topological polar surface area (TPSA) is 158 Å². The second kappa shape index (κ2) is 42.6. The van der Waals surface area contributed by atoms with E-state index in [1.807, 2.05) is 109 Å². The number of hydrogen-bond acceptors (Lipinski definition) is 15. The minimum absolute atomic E-state index is 0.135. The molecule has 18 aromatic rings. The molecule has 0 amide bonds. The van der Waals surface area contributed by atoms with E-state index in [4.69, 9.17) is 28.4 Å². The summed E-state index contributed by atoms with van der Waals surface area (Å²) in [6, 6.07) is 77.1. The lowest BCUT2D eigenvalue weighted by Gasteiger charge is -2.35. The maximum Gasteiger partial charge on any atom is 0.215 e. The summed E-state index contributed by atoms with van der Waals surface area (Å²) in [6.07, 6.45) is 2.99. The SMILES string of the molecule is CCC(C#Cc1c2cc3ccccc3cc2c(C#CC(CC)(CC)OC)c2cc3sc(S(=O)(=O)c4ccc(C)cc4)cc3cc12)(CC)OC.COC(C#Cc1c2cc3ccccc3cc2c(C#CC(OC)(C(C)C)C(C)C)c2cc3sc(S(=O)(=O)c4ccc(C)cc4)cc3cc12)(C(C)C)C(C)C.COC(C)(C)C#Cc1c2cc3ccccc3cc2c(C#CC(C)(C)OC)c2cc3sc(S(=O)(=O)c4ccc(C)cc4)cc3cc12. The summed E-state index contributed by atoms with van der Waals surface area (Å²) < 4.78 is 122. The van der Waals surface area contributed by atoms with Crippen molar-refractivity contribution >= 4 is 191 Å². The fraction of sp³-hybridized carbons (Fsp3) is 0.302. The first kappa shape index (κ1) is 107. The van der Waals surface area contributed by atoms with E-state index in [0.717, 1.165) is 203 Å². The summed E-state index contributed by atoms with van der Waals surface area (Å²) in [4.78, 5) is 0.851. The highest BCUT2D eigenvalue weighted by Crippen LogP contribution is 2.48. The molecular formula is C129H126O12S6. The minimum Gasteiger partial charge on any atom is -0.366 e. The average molecular weight is 2060 g/mol. The van der Waals surface area contributed by atoms with Gasteiger partial charge in [-0.1, -0.05) is 280 Å². The maximum atomic E-state index is 14.0. The van der Waals surface area contributed by atoms with E-state index in [0.29, 0.717) is 12.6 Å². The van der Waals surface area contributed by atoms with E-state index >= 15 is 0 Å². The number of aryl methyl sites for hydroxylation is 3. The van der Waals surface area contributed by atoms with Crippen molar-refractivity contribution in [3.05, 3.63) is 287 Å². The Morgan fingerprint density at radius 3 is 0.639 bits per heavy atom. The van der Waals surface area contributed by atoms with Crippen molar-refractivity contribution in [2.75, 3.05) is 42.7 Å². The van der Waals surface area contributed by atoms with Crippen LogP contribution in [0.4, 0.5) is 0 Å². The molecule has 0 aliphatic heterocycles. The second-order valence-corrected chi connectivity index (χ2v) is 50.1. The van der Waals surface area contributed by atoms with Gasteiger partial charge < -0.3 is 28.4 Å². The van der Waals surface area contributed by atoms with Gasteiger partial charge in [0.25, 0.3) is 0 Å². The van der Waals surface area contributed by atoms with Gasteiger partial charge in [0.1, 0.15) is 46.2 Å². The van der Waals surface area contributed by atoms with Crippen molar-refractivity contribution in [1.29, 1.82) is 0 Å². The highest BCUT2D eigenvalue weighted by atomic mass is 32.2. The molecule has 0 radical (unpaired) electrons. The van der Waals surface area contributed by atoms with Crippen molar-refractivity contribution in [2.24, 2.45) is 23.7 Å². The van der Waals surface area contributed by atoms with Crippen LogP contribution in [0, 0.1) is 115 Å². The quantitative estimate of drug-likeness (QED) is 0.0526. The van der Waals surface area contributed by atoms with Crippen LogP contribution in [0.2, 0.25) is 0 Å². The number of sulfone groups is 3. The third-order valence-corrected chi connectivity index (χ3v) is 39.4. The Morgan fingerprint density at radius 2 is 0.449 bits per heavy atom. The second-order valence-electron chi connectivity index (χ2n) is 40.3. The normalized spacial score (nSPS) is 12.5. The molecule has 0 saturated carbocycles. The minimum atomic E-state index is -3.74. The summed E-state index contributed by atoms with van der Waals surface area (Å²) in [5.41, 5.74) is 4.37. The fourth-order valence-corrected chi connectivity index (χ4v) is 28.1. The Bertz CT molecular complexity index is 8630. The molecule has 0 N–H and O–H groups in total. The standard InChI is InChI=1S/C47H50O4S2.C43H42O4S2.C39H34O4S2/c1-29(2)46(50-10,30(3)4)22-20-38-40-24-34-14-12-13-15-35(34)25-41(40)39(21-23-47(51-11,31(5)6)32(7)8)43-28-44-36(26-42(38)43)27-45(52-44)53(48,49)37-18-16-33(9)17-19-37;1-8-42(9-2,46-6)22-20-34-36-24-30-14-12-13-15-31(30)25-37(36)35(21-23-43(10-3,11-4)47-7)39-28-40-32(26-38(34)39)27-41(48-40)49(44,45)33-18-16-29(5)17-19-33;1-25-12-14-29(15-13-25)45(40,41)37-23-28-22-34-30(16-18-38(2,3)42-6)32-20-26-10-8-9-11-27(26)21-33(32)31(17-19-39(4,5)43-7)35(34)24-36(28)44-37/h12-19,24-32H,1-11H3;12-19,24-28H,8-11H2,1-7H3;8-15,20-24H,1-7H3. The number of hydrogen-bond donors (Lipinski definition) is 0. The van der Waals surface area contributed by atoms with Crippen LogP contribution < -0.4 is 0 Å². The van der Waals surface area contributed by atoms with E-state index in [1.165, 1.54) is 34.0 Å². The lowest BCUT2D eigenvalue weighted by atomic mass is 9.79. The molecule has 0 bridgehead atoms. The van der Waals surface area contributed by atoms with E-state index in [-0.39, 0.29) is 38.4 Å². The lowest BCUT2D eigenvalue weighted by Crippen LogP contribution is -2.41. The van der Waals surface area contributed by atoms with Crippen molar-refractivity contribution in [2.45, 2.75) is 218 Å². The van der Waals surface area contributed by atoms with E-state index in [2.05, 4.69) is 275 Å². The Kier molecular flexibility index (Phi) is 31.1. The van der Waals surface area contributed by atoms with Gasteiger partial charge in [0, 0.05) is 106 Å². The van der Waals surface area contributed by atoms with E-state index in [1.54, 1.807) is 97.3 Å². The van der Waals surface area contributed by atoms with Gasteiger partial charge in [-0.25, -0.2) is 25.3 Å². The predicted molar refractivity (Wildman–Crippen MR) is 616 cm³/mol. The first-order valence-electron chi connectivity index (χ1n) is 50.0. The Balaban J connectivity index is 0.000000158. The zero-order valence-electron chi connectivity index (χ0n) is 88.5. The summed E-state index contributed by atoms with van der Waals surface area (Å²) in [6.45, 7) is 39.2. The summed E-state index contributed by atoms with van der Waals surface area (Å²) in [7, 11) is -0.912. The van der Waals surface area contributed by atoms with Gasteiger partial charge in [0.15, 0.2) is 0 Å². The molecule has 0 unspecified atom stereocenters. The molecule has 3 aromatic heterocycles. The van der Waals surface area contributed by atoms with E-state index < -0.39 is 63.1 Å². The highest BCUT2D eigenvalue weighted by Gasteiger charge is 2.38. The van der Waals surface area contributed by atoms with Crippen LogP contribution in [0.15, 0.2) is 264 Å². The largest absolute Gasteiger partial charge is 0.366 e. The van der Waals surface area contributed by atoms with Crippen molar-refractivity contribution < 1.29 is 53.7 Å². The molecule has 0 atom stereocenters. The number of methoxy groups -OCH3 is 6. The number of ether oxygens (including phenoxy) is 6. The van der Waals surface area contributed by atoms with Crippen LogP contribution in [-0.2, 0) is 57.9 Å². The van der Waals surface area contributed by atoms with Gasteiger partial charge in [-0.15, -0.1) is 34.0 Å². The van der Waals surface area contributed by atoms with Crippen LogP contribution in [0.5, 0.6) is 0 Å². The molecular weight excluding hydrogens is 1930 g/mol. The summed E-state index contributed by atoms with van der Waals surface area (Å²) in [5.74, 6) is 42.9. The number of rotatable bonds is 20. The molecule has 15 aromatic carbocycles. The molecule has 18 rings (SSSR count). The Hall–Kier alpha value is -12.5.